The second kappa shape index (κ2) is 7.43. The van der Waals surface area contributed by atoms with E-state index in [1.165, 1.54) is 0 Å². The average molecular weight is 302 g/mol. The molecule has 0 aliphatic carbocycles. The predicted octanol–water partition coefficient (Wildman–Crippen LogP) is 3.20. The van der Waals surface area contributed by atoms with Crippen LogP contribution in [-0.2, 0) is 17.7 Å². The molecular weight excluding hydrogens is 274 g/mol. The topological polar surface area (TPSA) is 39.1 Å². The molecule has 116 valence electrons. The number of likely N-dealkylation sites (N-methyl/N-ethyl adjacent to an activating group) is 1. The number of halogens is 1. The van der Waals surface area contributed by atoms with E-state index in [4.69, 9.17) is 16.3 Å². The maximum absolute atomic E-state index is 6.41. The molecule has 5 heteroatoms. The number of nitrogens with one attached hydrogen (secondary N) is 1. The summed E-state index contributed by atoms with van der Waals surface area (Å²) in [4.78, 5) is 0. The lowest BCUT2D eigenvalue weighted by Gasteiger charge is -2.37. The lowest BCUT2D eigenvalue weighted by Crippen LogP contribution is -2.50. The summed E-state index contributed by atoms with van der Waals surface area (Å²) in [5.74, 6) is 0. The van der Waals surface area contributed by atoms with Gasteiger partial charge in [0.15, 0.2) is 0 Å². The first-order valence-corrected chi connectivity index (χ1v) is 7.84. The largest absolute Gasteiger partial charge is 0.374 e. The molecule has 0 amide bonds. The van der Waals surface area contributed by atoms with Gasteiger partial charge in [-0.25, -0.2) is 0 Å². The highest BCUT2D eigenvalue weighted by Gasteiger charge is 2.33. The molecule has 1 heterocycles. The minimum atomic E-state index is -0.205. The van der Waals surface area contributed by atoms with Crippen molar-refractivity contribution in [2.45, 2.75) is 65.6 Å². The third-order valence-corrected chi connectivity index (χ3v) is 4.60. The van der Waals surface area contributed by atoms with Gasteiger partial charge < -0.3 is 10.1 Å². The van der Waals surface area contributed by atoms with Crippen molar-refractivity contribution in [3.63, 3.8) is 0 Å². The Bertz CT molecular complexity index is 433. The fourth-order valence-corrected chi connectivity index (χ4v) is 2.87. The quantitative estimate of drug-likeness (QED) is 0.801. The lowest BCUT2D eigenvalue weighted by atomic mass is 9.89. The van der Waals surface area contributed by atoms with Crippen LogP contribution >= 0.6 is 11.6 Å². The second-order valence-electron chi connectivity index (χ2n) is 5.31. The van der Waals surface area contributed by atoms with Crippen LogP contribution in [0.4, 0.5) is 0 Å². The summed E-state index contributed by atoms with van der Waals surface area (Å²) >= 11 is 6.41. The summed E-state index contributed by atoms with van der Waals surface area (Å²) in [6.07, 6.45) is 1.76. The number of aromatic nitrogens is 2. The zero-order valence-corrected chi connectivity index (χ0v) is 14.3. The molecule has 0 aliphatic heterocycles. The third-order valence-electron chi connectivity index (χ3n) is 4.11. The molecule has 2 atom stereocenters. The molecule has 0 bridgehead atoms. The van der Waals surface area contributed by atoms with Crippen LogP contribution in [0.1, 0.15) is 45.5 Å². The highest BCUT2D eigenvalue weighted by atomic mass is 35.5. The SMILES string of the molecule is CCOC(C)(CC)C(Cc1c(Cl)c(C)nn1CC)NC. The van der Waals surface area contributed by atoms with E-state index in [0.29, 0.717) is 6.61 Å². The van der Waals surface area contributed by atoms with Crippen LogP contribution in [0, 0.1) is 6.92 Å². The Morgan fingerprint density at radius 2 is 2.05 bits per heavy atom. The molecule has 20 heavy (non-hydrogen) atoms. The number of rotatable bonds is 8. The fourth-order valence-electron chi connectivity index (χ4n) is 2.66. The van der Waals surface area contributed by atoms with Crippen molar-refractivity contribution in [2.75, 3.05) is 13.7 Å². The minimum absolute atomic E-state index is 0.200. The molecule has 0 saturated carbocycles. The van der Waals surface area contributed by atoms with Crippen LogP contribution in [0.3, 0.4) is 0 Å². The van der Waals surface area contributed by atoms with Gasteiger partial charge in [-0.05, 0) is 41.2 Å². The standard InChI is InChI=1S/C15H28ClN3O/c1-7-15(5,20-9-3)13(17-6)10-12-14(16)11(4)18-19(12)8-2/h13,17H,7-10H2,1-6H3. The maximum atomic E-state index is 6.41. The van der Waals surface area contributed by atoms with Crippen molar-refractivity contribution >= 4 is 11.6 Å². The van der Waals surface area contributed by atoms with Gasteiger partial charge in [-0.15, -0.1) is 0 Å². The molecular formula is C15H28ClN3O. The first-order valence-electron chi connectivity index (χ1n) is 7.46. The van der Waals surface area contributed by atoms with E-state index in [9.17, 15) is 0 Å². The molecule has 4 nitrogen and oxygen atoms in total. The van der Waals surface area contributed by atoms with Gasteiger partial charge in [0, 0.05) is 25.6 Å². The second-order valence-corrected chi connectivity index (χ2v) is 5.68. The maximum Gasteiger partial charge on any atom is 0.0847 e. The fraction of sp³-hybridized carbons (Fsp3) is 0.800. The highest BCUT2D eigenvalue weighted by molar-refractivity contribution is 6.31. The van der Waals surface area contributed by atoms with Crippen molar-refractivity contribution in [1.82, 2.24) is 15.1 Å². The molecule has 0 fully saturated rings. The van der Waals surface area contributed by atoms with Crippen LogP contribution < -0.4 is 5.32 Å². The average Bonchev–Trinajstić information content (AvgIpc) is 2.71. The van der Waals surface area contributed by atoms with Crippen LogP contribution in [-0.4, -0.2) is 35.1 Å². The van der Waals surface area contributed by atoms with Crippen molar-refractivity contribution in [2.24, 2.45) is 0 Å². The number of ether oxygens (including phenoxy) is 1. The third kappa shape index (κ3) is 3.54. The molecule has 0 aliphatic rings. The van der Waals surface area contributed by atoms with Gasteiger partial charge in [-0.3, -0.25) is 4.68 Å². The smallest absolute Gasteiger partial charge is 0.0847 e. The first-order chi connectivity index (χ1) is 9.43. The summed E-state index contributed by atoms with van der Waals surface area (Å²) < 4.78 is 7.98. The molecule has 0 aromatic carbocycles. The highest BCUT2D eigenvalue weighted by Crippen LogP contribution is 2.27. The zero-order chi connectivity index (χ0) is 15.3. The molecule has 1 aromatic rings. The van der Waals surface area contributed by atoms with Crippen molar-refractivity contribution in [3.05, 3.63) is 16.4 Å². The van der Waals surface area contributed by atoms with Gasteiger partial charge in [0.2, 0.25) is 0 Å². The van der Waals surface area contributed by atoms with Gasteiger partial charge in [-0.1, -0.05) is 18.5 Å². The first kappa shape index (κ1) is 17.5. The minimum Gasteiger partial charge on any atom is -0.374 e. The van der Waals surface area contributed by atoms with Gasteiger partial charge in [0.25, 0.3) is 0 Å². The van der Waals surface area contributed by atoms with E-state index in [1.54, 1.807) is 0 Å². The Balaban J connectivity index is 3.04. The Morgan fingerprint density at radius 1 is 1.40 bits per heavy atom. The van der Waals surface area contributed by atoms with Gasteiger partial charge in [-0.2, -0.15) is 5.10 Å². The monoisotopic (exact) mass is 301 g/mol. The summed E-state index contributed by atoms with van der Waals surface area (Å²) in [5, 5.41) is 8.66. The summed E-state index contributed by atoms with van der Waals surface area (Å²) in [5.41, 5.74) is 1.78. The van der Waals surface area contributed by atoms with Gasteiger partial charge >= 0.3 is 0 Å². The van der Waals surface area contributed by atoms with E-state index in [1.807, 2.05) is 25.6 Å². The normalized spacial score (nSPS) is 16.1. The molecule has 1 N–H and O–H groups in total. The number of hydrogen-bond donors (Lipinski definition) is 1. The van der Waals surface area contributed by atoms with Crippen LogP contribution in [0.15, 0.2) is 0 Å². The summed E-state index contributed by atoms with van der Waals surface area (Å²) in [7, 11) is 1.98. The van der Waals surface area contributed by atoms with Crippen molar-refractivity contribution in [3.8, 4) is 0 Å². The Morgan fingerprint density at radius 3 is 2.50 bits per heavy atom. The predicted molar refractivity (Wildman–Crippen MR) is 84.5 cm³/mol. The van der Waals surface area contributed by atoms with Crippen molar-refractivity contribution in [1.29, 1.82) is 0 Å². The Labute approximate surface area is 127 Å². The number of aryl methyl sites for hydroxylation is 2. The summed E-state index contributed by atoms with van der Waals surface area (Å²) in [6, 6.07) is 0.200. The number of hydrogen-bond acceptors (Lipinski definition) is 3. The van der Waals surface area contributed by atoms with E-state index in [0.717, 1.165) is 35.8 Å². The summed E-state index contributed by atoms with van der Waals surface area (Å²) in [6.45, 7) is 11.9. The number of nitrogens with zero attached hydrogens (tertiary/aromatic N) is 2. The zero-order valence-electron chi connectivity index (χ0n) is 13.6. The molecule has 0 radical (unpaired) electrons. The van der Waals surface area contributed by atoms with E-state index in [2.05, 4.69) is 31.2 Å². The van der Waals surface area contributed by atoms with Crippen LogP contribution in [0.5, 0.6) is 0 Å². The Hall–Kier alpha value is -0.580. The van der Waals surface area contributed by atoms with E-state index < -0.39 is 0 Å². The molecule has 0 saturated heterocycles. The molecule has 1 aromatic heterocycles. The molecule has 1 rings (SSSR count). The van der Waals surface area contributed by atoms with Crippen LogP contribution in [0.2, 0.25) is 5.02 Å². The van der Waals surface area contributed by atoms with Crippen molar-refractivity contribution < 1.29 is 4.74 Å². The van der Waals surface area contributed by atoms with Crippen LogP contribution in [0.25, 0.3) is 0 Å². The van der Waals surface area contributed by atoms with E-state index in [-0.39, 0.29) is 11.6 Å². The van der Waals surface area contributed by atoms with Gasteiger partial charge in [0.05, 0.1) is 22.0 Å². The molecule has 2 unspecified atom stereocenters. The lowest BCUT2D eigenvalue weighted by molar-refractivity contribution is -0.0537. The molecule has 0 spiro atoms. The van der Waals surface area contributed by atoms with Gasteiger partial charge in [0.1, 0.15) is 0 Å². The van der Waals surface area contributed by atoms with E-state index >= 15 is 0 Å². The Kier molecular flexibility index (Phi) is 6.49.